The molecule has 0 aliphatic heterocycles. The smallest absolute Gasteiger partial charge is 0.166 e. The molecule has 0 amide bonds. The highest BCUT2D eigenvalue weighted by Gasteiger charge is 2.17. The molecular weight excluding hydrogens is 488 g/mol. The summed E-state index contributed by atoms with van der Waals surface area (Å²) >= 11 is 0. The van der Waals surface area contributed by atoms with Gasteiger partial charge in [0.15, 0.2) is 23.3 Å². The number of aryl methyl sites for hydroxylation is 2. The van der Waals surface area contributed by atoms with Crippen LogP contribution >= 0.6 is 0 Å². The van der Waals surface area contributed by atoms with Crippen LogP contribution in [0.4, 0.5) is 17.6 Å². The molecule has 6 heteroatoms. The molecule has 2 aromatic heterocycles. The van der Waals surface area contributed by atoms with E-state index in [1.165, 1.54) is 0 Å². The summed E-state index contributed by atoms with van der Waals surface area (Å²) in [5.74, 6) is -3.12. The van der Waals surface area contributed by atoms with E-state index in [0.717, 1.165) is 77.9 Å². The van der Waals surface area contributed by atoms with Gasteiger partial charge in [0.2, 0.25) is 0 Å². The first-order chi connectivity index (χ1) is 18.5. The Morgan fingerprint density at radius 3 is 2.00 bits per heavy atom. The average Bonchev–Trinajstić information content (AvgIpc) is 3.28. The van der Waals surface area contributed by atoms with Crippen molar-refractivity contribution in [3.05, 3.63) is 136 Å². The number of pyridine rings is 2. The van der Waals surface area contributed by atoms with Crippen molar-refractivity contribution >= 4 is 17.2 Å². The number of hydrogen-bond acceptors (Lipinski definition) is 2. The predicted molar refractivity (Wildman–Crippen MR) is 142 cm³/mol. The number of rotatable bonds is 2. The van der Waals surface area contributed by atoms with Crippen molar-refractivity contribution in [2.45, 2.75) is 38.5 Å². The molecule has 2 nitrogen and oxygen atoms in total. The number of nitrogens with zero attached hydrogens (tertiary/aromatic N) is 2. The van der Waals surface area contributed by atoms with Gasteiger partial charge in [-0.1, -0.05) is 42.5 Å². The zero-order valence-electron chi connectivity index (χ0n) is 20.7. The van der Waals surface area contributed by atoms with Gasteiger partial charge in [0, 0.05) is 34.9 Å². The first-order valence-electron chi connectivity index (χ1n) is 12.7. The molecule has 0 fully saturated rings. The van der Waals surface area contributed by atoms with Crippen molar-refractivity contribution in [3.8, 4) is 0 Å². The monoisotopic (exact) mass is 514 g/mol. The van der Waals surface area contributed by atoms with Crippen LogP contribution in [0.15, 0.2) is 79.1 Å². The summed E-state index contributed by atoms with van der Waals surface area (Å²) < 4.78 is 54.4. The molecule has 38 heavy (non-hydrogen) atoms. The van der Waals surface area contributed by atoms with E-state index < -0.39 is 23.3 Å². The molecule has 2 heterocycles. The Labute approximate surface area is 219 Å². The van der Waals surface area contributed by atoms with Crippen LogP contribution in [0.1, 0.15) is 52.9 Å². The van der Waals surface area contributed by atoms with Crippen LogP contribution in [0, 0.1) is 23.3 Å². The second-order valence-electron chi connectivity index (χ2n) is 9.32. The second-order valence-corrected chi connectivity index (χ2v) is 9.32. The third-order valence-corrected chi connectivity index (χ3v) is 6.85. The predicted octanol–water partition coefficient (Wildman–Crippen LogP) is 8.17. The van der Waals surface area contributed by atoms with E-state index in [4.69, 9.17) is 0 Å². The van der Waals surface area contributed by atoms with Gasteiger partial charge in [-0.05, 0) is 91.1 Å². The van der Waals surface area contributed by atoms with Crippen molar-refractivity contribution in [1.29, 1.82) is 0 Å². The van der Waals surface area contributed by atoms with Crippen LogP contribution in [0.25, 0.3) is 17.2 Å². The van der Waals surface area contributed by atoms with E-state index in [1.807, 2.05) is 36.4 Å². The third kappa shape index (κ3) is 5.59. The van der Waals surface area contributed by atoms with Gasteiger partial charge >= 0.3 is 0 Å². The molecule has 192 valence electrons. The lowest BCUT2D eigenvalue weighted by molar-refractivity contribution is 0.506. The fourth-order valence-corrected chi connectivity index (χ4v) is 4.94. The average molecular weight is 515 g/mol. The van der Waals surface area contributed by atoms with Gasteiger partial charge in [-0.25, -0.2) is 17.6 Å². The molecule has 2 aliphatic rings. The Morgan fingerprint density at radius 1 is 0.605 bits per heavy atom. The lowest BCUT2D eigenvalue weighted by Crippen LogP contribution is -1.98. The fraction of sp³-hybridized carbons (Fsp3) is 0.188. The quantitative estimate of drug-likeness (QED) is 0.252. The second kappa shape index (κ2) is 11.5. The standard InChI is InChI=1S/2C16H13F2N/c2*17-14-7-2-6-13(16(14)18)11-4-1-8-15-12(10-11)5-3-9-19-15/h2-3,5-7,9-10H,1,4,8H2;2-7,9H,1,8,10H2. The molecule has 0 N–H and O–H groups in total. The molecule has 2 aromatic carbocycles. The van der Waals surface area contributed by atoms with E-state index in [-0.39, 0.29) is 0 Å². The normalized spacial score (nSPS) is 14.5. The molecule has 0 atom stereocenters. The highest BCUT2D eigenvalue weighted by atomic mass is 19.2. The summed E-state index contributed by atoms with van der Waals surface area (Å²) in [7, 11) is 0. The molecule has 4 aromatic rings. The number of hydrogen-bond donors (Lipinski definition) is 0. The number of aromatic nitrogens is 2. The highest BCUT2D eigenvalue weighted by molar-refractivity contribution is 5.83. The van der Waals surface area contributed by atoms with E-state index in [2.05, 4.69) is 9.97 Å². The van der Waals surface area contributed by atoms with Crippen molar-refractivity contribution in [2.24, 2.45) is 0 Å². The van der Waals surface area contributed by atoms with Crippen LogP contribution in [0.3, 0.4) is 0 Å². The Bertz CT molecular complexity index is 1520. The van der Waals surface area contributed by atoms with E-state index in [9.17, 15) is 17.6 Å². The minimum atomic E-state index is -0.797. The SMILES string of the molecule is Fc1cccc(C2=CCCc3ncccc3C2)c1F.Fc1cccc(C2=Cc3cccnc3CCC2)c1F. The third-order valence-electron chi connectivity index (χ3n) is 6.85. The Hall–Kier alpha value is -4.06. The number of allylic oxidation sites excluding steroid dienone is 3. The molecule has 0 spiro atoms. The lowest BCUT2D eigenvalue weighted by atomic mass is 9.98. The number of fused-ring (bicyclic) bond motifs is 2. The lowest BCUT2D eigenvalue weighted by Gasteiger charge is -2.09. The molecule has 0 unspecified atom stereocenters. The maximum atomic E-state index is 13.9. The van der Waals surface area contributed by atoms with Crippen molar-refractivity contribution in [1.82, 2.24) is 9.97 Å². The van der Waals surface area contributed by atoms with E-state index >= 15 is 0 Å². The summed E-state index contributed by atoms with van der Waals surface area (Å²) in [6.07, 6.45) is 12.2. The molecule has 0 radical (unpaired) electrons. The Kier molecular flexibility index (Phi) is 7.78. The van der Waals surface area contributed by atoms with Gasteiger partial charge in [-0.3, -0.25) is 9.97 Å². The van der Waals surface area contributed by atoms with Crippen LogP contribution in [-0.4, -0.2) is 9.97 Å². The highest BCUT2D eigenvalue weighted by Crippen LogP contribution is 2.31. The van der Waals surface area contributed by atoms with Crippen molar-refractivity contribution < 1.29 is 17.6 Å². The van der Waals surface area contributed by atoms with E-state index in [1.54, 1.807) is 36.7 Å². The summed E-state index contributed by atoms with van der Waals surface area (Å²) in [5, 5.41) is 0. The zero-order valence-corrected chi connectivity index (χ0v) is 20.7. The zero-order chi connectivity index (χ0) is 26.5. The molecule has 6 rings (SSSR count). The Balaban J connectivity index is 0.000000155. The van der Waals surface area contributed by atoms with Crippen LogP contribution < -0.4 is 0 Å². The van der Waals surface area contributed by atoms with Crippen molar-refractivity contribution in [2.75, 3.05) is 0 Å². The fourth-order valence-electron chi connectivity index (χ4n) is 4.94. The topological polar surface area (TPSA) is 25.8 Å². The van der Waals surface area contributed by atoms with Gasteiger partial charge in [0.05, 0.1) is 0 Å². The van der Waals surface area contributed by atoms with Crippen LogP contribution in [0.5, 0.6) is 0 Å². The van der Waals surface area contributed by atoms with Crippen LogP contribution in [0.2, 0.25) is 0 Å². The van der Waals surface area contributed by atoms with Gasteiger partial charge in [0.25, 0.3) is 0 Å². The molecule has 0 bridgehead atoms. The summed E-state index contributed by atoms with van der Waals surface area (Å²) in [4.78, 5) is 8.68. The first kappa shape index (κ1) is 25.6. The van der Waals surface area contributed by atoms with Crippen LogP contribution in [-0.2, 0) is 19.3 Å². The molecule has 0 saturated carbocycles. The molecular formula is C32H26F4N2. The van der Waals surface area contributed by atoms with E-state index in [0.29, 0.717) is 17.5 Å². The molecule has 0 saturated heterocycles. The summed E-state index contributed by atoms with van der Waals surface area (Å²) in [6.45, 7) is 0. The maximum absolute atomic E-state index is 13.9. The largest absolute Gasteiger partial charge is 0.261 e. The Morgan fingerprint density at radius 2 is 1.26 bits per heavy atom. The van der Waals surface area contributed by atoms with Gasteiger partial charge < -0.3 is 0 Å². The summed E-state index contributed by atoms with van der Waals surface area (Å²) in [5.41, 5.74) is 6.55. The van der Waals surface area contributed by atoms with Crippen molar-refractivity contribution in [3.63, 3.8) is 0 Å². The number of halogens is 4. The summed E-state index contributed by atoms with van der Waals surface area (Å²) in [6, 6.07) is 16.3. The van der Waals surface area contributed by atoms with Gasteiger partial charge in [0.1, 0.15) is 0 Å². The minimum absolute atomic E-state index is 0.358. The van der Waals surface area contributed by atoms with Gasteiger partial charge in [-0.2, -0.15) is 0 Å². The molecule has 2 aliphatic carbocycles. The minimum Gasteiger partial charge on any atom is -0.261 e. The first-order valence-corrected chi connectivity index (χ1v) is 12.7. The van der Waals surface area contributed by atoms with Gasteiger partial charge in [-0.15, -0.1) is 0 Å². The number of benzene rings is 2. The maximum Gasteiger partial charge on any atom is 0.166 e.